The van der Waals surface area contributed by atoms with E-state index >= 15 is 0 Å². The van der Waals surface area contributed by atoms with Gasteiger partial charge in [0.25, 0.3) is 11.7 Å². The van der Waals surface area contributed by atoms with Crippen molar-refractivity contribution < 1.29 is 14.7 Å². The van der Waals surface area contributed by atoms with Crippen molar-refractivity contribution in [2.45, 2.75) is 26.8 Å². The van der Waals surface area contributed by atoms with Gasteiger partial charge < -0.3 is 5.11 Å². The van der Waals surface area contributed by atoms with Crippen LogP contribution in [0.4, 0.5) is 5.69 Å². The normalized spacial score (nSPS) is 18.4. The molecule has 1 aromatic heterocycles. The molecule has 0 aliphatic carbocycles. The second-order valence-electron chi connectivity index (χ2n) is 7.40. The number of anilines is 1. The fourth-order valence-electron chi connectivity index (χ4n) is 3.77. The van der Waals surface area contributed by atoms with Gasteiger partial charge in [0.1, 0.15) is 11.8 Å². The number of hydrogen-bond donors (Lipinski definition) is 1. The molecular weight excluding hydrogens is 382 g/mol. The largest absolute Gasteiger partial charge is 0.507 e. The van der Waals surface area contributed by atoms with Crippen LogP contribution in [0.15, 0.2) is 65.6 Å². The van der Waals surface area contributed by atoms with Crippen molar-refractivity contribution in [1.82, 2.24) is 0 Å². The number of carbonyl (C=O) groups is 2. The predicted octanol–water partition coefficient (Wildman–Crippen LogP) is 5.30. The molecule has 0 bridgehead atoms. The zero-order valence-electron chi connectivity index (χ0n) is 16.5. The third-order valence-corrected chi connectivity index (χ3v) is 5.99. The van der Waals surface area contributed by atoms with Gasteiger partial charge in [-0.2, -0.15) is 0 Å². The number of amides is 1. The molecule has 1 unspecified atom stereocenters. The van der Waals surface area contributed by atoms with Crippen molar-refractivity contribution in [3.8, 4) is 0 Å². The SMILES string of the molecule is Cc1ccc(/C(O)=C2/C(=O)C(=O)N(c3cc(C)cc(C)c3)C2c2cccs2)cc1. The standard InChI is InChI=1S/C24H21NO3S/c1-14-6-8-17(9-7-14)22(26)20-21(19-5-4-10-29-19)25(24(28)23(20)27)18-12-15(2)11-16(3)13-18/h4-13,21,26H,1-3H3/b22-20-. The molecular formula is C24H21NO3S. The summed E-state index contributed by atoms with van der Waals surface area (Å²) < 4.78 is 0. The van der Waals surface area contributed by atoms with Gasteiger partial charge in [0.2, 0.25) is 0 Å². The maximum absolute atomic E-state index is 13.1. The number of ketones is 1. The lowest BCUT2D eigenvalue weighted by Crippen LogP contribution is -2.29. The predicted molar refractivity (Wildman–Crippen MR) is 116 cm³/mol. The lowest BCUT2D eigenvalue weighted by molar-refractivity contribution is -0.132. The summed E-state index contributed by atoms with van der Waals surface area (Å²) in [5, 5.41) is 12.9. The highest BCUT2D eigenvalue weighted by Crippen LogP contribution is 2.43. The average Bonchev–Trinajstić information content (AvgIpc) is 3.28. The smallest absolute Gasteiger partial charge is 0.300 e. The molecule has 0 saturated carbocycles. The summed E-state index contributed by atoms with van der Waals surface area (Å²) in [6.45, 7) is 5.87. The van der Waals surface area contributed by atoms with E-state index in [1.807, 2.05) is 68.6 Å². The summed E-state index contributed by atoms with van der Waals surface area (Å²) in [6, 6.07) is 16.2. The first-order chi connectivity index (χ1) is 13.9. The Hall–Kier alpha value is -3.18. The van der Waals surface area contributed by atoms with Crippen molar-refractivity contribution >= 4 is 34.5 Å². The number of aryl methyl sites for hydroxylation is 3. The first kappa shape index (κ1) is 19.2. The van der Waals surface area contributed by atoms with E-state index in [0.717, 1.165) is 21.6 Å². The quantitative estimate of drug-likeness (QED) is 0.367. The number of rotatable bonds is 3. The minimum atomic E-state index is -0.666. The van der Waals surface area contributed by atoms with E-state index in [9.17, 15) is 14.7 Å². The zero-order valence-corrected chi connectivity index (χ0v) is 17.3. The Labute approximate surface area is 173 Å². The van der Waals surface area contributed by atoms with E-state index in [-0.39, 0.29) is 11.3 Å². The van der Waals surface area contributed by atoms with Crippen LogP contribution in [0.2, 0.25) is 0 Å². The van der Waals surface area contributed by atoms with Gasteiger partial charge in [-0.1, -0.05) is 42.0 Å². The number of hydrogen-bond acceptors (Lipinski definition) is 4. The maximum Gasteiger partial charge on any atom is 0.300 e. The number of nitrogens with zero attached hydrogens (tertiary/aromatic N) is 1. The topological polar surface area (TPSA) is 57.6 Å². The van der Waals surface area contributed by atoms with Crippen LogP contribution < -0.4 is 4.90 Å². The summed E-state index contributed by atoms with van der Waals surface area (Å²) in [6.07, 6.45) is 0. The second kappa shape index (κ2) is 7.33. The molecule has 1 fully saturated rings. The number of carbonyl (C=O) groups excluding carboxylic acids is 2. The van der Waals surface area contributed by atoms with Gasteiger partial charge in [0, 0.05) is 16.1 Å². The molecule has 1 atom stereocenters. The Bertz CT molecular complexity index is 1110. The first-order valence-corrected chi connectivity index (χ1v) is 10.2. The molecule has 1 aliphatic rings. The molecule has 2 heterocycles. The van der Waals surface area contributed by atoms with Crippen LogP contribution >= 0.6 is 11.3 Å². The van der Waals surface area contributed by atoms with Crippen molar-refractivity contribution in [2.24, 2.45) is 0 Å². The summed E-state index contributed by atoms with van der Waals surface area (Å²) in [7, 11) is 0. The van der Waals surface area contributed by atoms with E-state index in [1.54, 1.807) is 12.1 Å². The Morgan fingerprint density at radius 2 is 1.59 bits per heavy atom. The van der Waals surface area contributed by atoms with E-state index < -0.39 is 17.7 Å². The maximum atomic E-state index is 13.1. The van der Waals surface area contributed by atoms with Crippen molar-refractivity contribution in [2.75, 3.05) is 4.90 Å². The highest BCUT2D eigenvalue weighted by molar-refractivity contribution is 7.10. The number of aliphatic hydroxyl groups excluding tert-OH is 1. The third kappa shape index (κ3) is 3.38. The van der Waals surface area contributed by atoms with Crippen LogP contribution in [0, 0.1) is 20.8 Å². The number of thiophene rings is 1. The van der Waals surface area contributed by atoms with Crippen LogP contribution in [0.5, 0.6) is 0 Å². The molecule has 1 N–H and O–H groups in total. The molecule has 1 aliphatic heterocycles. The summed E-state index contributed by atoms with van der Waals surface area (Å²) in [5.74, 6) is -1.43. The molecule has 4 nitrogen and oxygen atoms in total. The van der Waals surface area contributed by atoms with Gasteiger partial charge in [0.05, 0.1) is 5.57 Å². The van der Waals surface area contributed by atoms with E-state index in [0.29, 0.717) is 11.3 Å². The van der Waals surface area contributed by atoms with Crippen molar-refractivity contribution in [3.05, 3.63) is 92.7 Å². The van der Waals surface area contributed by atoms with Gasteiger partial charge in [-0.25, -0.2) is 0 Å². The monoisotopic (exact) mass is 403 g/mol. The summed E-state index contributed by atoms with van der Waals surface area (Å²) in [5.41, 5.74) is 4.37. The van der Waals surface area contributed by atoms with Gasteiger partial charge >= 0.3 is 0 Å². The molecule has 29 heavy (non-hydrogen) atoms. The zero-order chi connectivity index (χ0) is 20.7. The number of Topliss-reactive ketones (excluding diaryl/α,β-unsaturated/α-hetero) is 1. The molecule has 1 amide bonds. The van der Waals surface area contributed by atoms with Crippen LogP contribution in [-0.2, 0) is 9.59 Å². The van der Waals surface area contributed by atoms with Gasteiger partial charge in [-0.05, 0) is 55.5 Å². The number of aliphatic hydroxyl groups is 1. The van der Waals surface area contributed by atoms with Gasteiger partial charge in [-0.3, -0.25) is 14.5 Å². The molecule has 0 spiro atoms. The Kier molecular flexibility index (Phi) is 4.84. The van der Waals surface area contributed by atoms with E-state index in [2.05, 4.69) is 0 Å². The Balaban J connectivity index is 1.94. The highest BCUT2D eigenvalue weighted by atomic mass is 32.1. The number of benzene rings is 2. The molecule has 2 aromatic carbocycles. The lowest BCUT2D eigenvalue weighted by atomic mass is 9.99. The lowest BCUT2D eigenvalue weighted by Gasteiger charge is -2.25. The molecule has 5 heteroatoms. The molecule has 1 saturated heterocycles. The van der Waals surface area contributed by atoms with Crippen LogP contribution in [-0.4, -0.2) is 16.8 Å². The summed E-state index contributed by atoms with van der Waals surface area (Å²) in [4.78, 5) is 28.5. The highest BCUT2D eigenvalue weighted by Gasteiger charge is 2.47. The Morgan fingerprint density at radius 1 is 0.931 bits per heavy atom. The fraction of sp³-hybridized carbons (Fsp3) is 0.167. The van der Waals surface area contributed by atoms with Crippen molar-refractivity contribution in [3.63, 3.8) is 0 Å². The minimum Gasteiger partial charge on any atom is -0.507 e. The van der Waals surface area contributed by atoms with Crippen LogP contribution in [0.3, 0.4) is 0 Å². The molecule has 3 aromatic rings. The Morgan fingerprint density at radius 3 is 2.17 bits per heavy atom. The molecule has 0 radical (unpaired) electrons. The minimum absolute atomic E-state index is 0.125. The second-order valence-corrected chi connectivity index (χ2v) is 8.38. The van der Waals surface area contributed by atoms with Gasteiger partial charge in [0.15, 0.2) is 0 Å². The third-order valence-electron chi connectivity index (χ3n) is 5.07. The molecule has 146 valence electrons. The van der Waals surface area contributed by atoms with E-state index in [1.165, 1.54) is 16.2 Å². The van der Waals surface area contributed by atoms with Crippen LogP contribution in [0.25, 0.3) is 5.76 Å². The van der Waals surface area contributed by atoms with E-state index in [4.69, 9.17) is 0 Å². The first-order valence-electron chi connectivity index (χ1n) is 9.36. The van der Waals surface area contributed by atoms with Crippen molar-refractivity contribution in [1.29, 1.82) is 0 Å². The van der Waals surface area contributed by atoms with Crippen LogP contribution in [0.1, 0.15) is 33.2 Å². The summed E-state index contributed by atoms with van der Waals surface area (Å²) >= 11 is 1.46. The van der Waals surface area contributed by atoms with Gasteiger partial charge in [-0.15, -0.1) is 11.3 Å². The average molecular weight is 404 g/mol. The fourth-order valence-corrected chi connectivity index (χ4v) is 4.60. The molecule has 4 rings (SSSR count).